The van der Waals surface area contributed by atoms with Crippen molar-refractivity contribution in [2.45, 2.75) is 0 Å². The molecule has 6 heteroatoms. The predicted molar refractivity (Wildman–Crippen MR) is 34.8 cm³/mol. The first-order valence-corrected chi connectivity index (χ1v) is 2.11. The van der Waals surface area contributed by atoms with Crippen LogP contribution in [0.5, 0.6) is 0 Å². The second-order valence-electron chi connectivity index (χ2n) is 1.26. The van der Waals surface area contributed by atoms with Gasteiger partial charge in [0.2, 0.25) is 0 Å². The average molecular weight is 156 g/mol. The second-order valence-corrected chi connectivity index (χ2v) is 1.26. The van der Waals surface area contributed by atoms with E-state index in [0.717, 1.165) is 5.01 Å². The van der Waals surface area contributed by atoms with Crippen LogP contribution >= 0.6 is 12.4 Å². The Morgan fingerprint density at radius 3 is 2.22 bits per heavy atom. The molecule has 0 rings (SSSR count). The highest BCUT2D eigenvalue weighted by Gasteiger charge is 1.99. The summed E-state index contributed by atoms with van der Waals surface area (Å²) in [5.41, 5.74) is 4.67. The lowest BCUT2D eigenvalue weighted by Gasteiger charge is -2.09. The van der Waals surface area contributed by atoms with Crippen LogP contribution in [0.2, 0.25) is 0 Å². The first kappa shape index (κ1) is 11.3. The molecule has 0 heterocycles. The van der Waals surface area contributed by atoms with Gasteiger partial charge < -0.3 is 10.8 Å². The summed E-state index contributed by atoms with van der Waals surface area (Å²) in [6, 6.07) is -0.737. The lowest BCUT2D eigenvalue weighted by molar-refractivity contribution is 0.186. The zero-order chi connectivity index (χ0) is 6.57. The molecule has 0 aromatic carbocycles. The summed E-state index contributed by atoms with van der Waals surface area (Å²) in [6.07, 6.45) is 0. The molecule has 0 radical (unpaired) electrons. The molecule has 0 aromatic rings. The minimum atomic E-state index is -0.737. The molecule has 5 nitrogen and oxygen atoms in total. The van der Waals surface area contributed by atoms with E-state index in [1.807, 2.05) is 0 Å². The molecule has 5 N–H and O–H groups in total. The van der Waals surface area contributed by atoms with E-state index in [1.165, 1.54) is 0 Å². The van der Waals surface area contributed by atoms with E-state index in [4.69, 9.17) is 10.9 Å². The summed E-state index contributed by atoms with van der Waals surface area (Å²) in [5.74, 6) is 4.93. The molecule has 2 amide bonds. The average Bonchev–Trinajstić information content (AvgIpc) is 1.67. The van der Waals surface area contributed by atoms with Crippen molar-refractivity contribution in [3.05, 3.63) is 0 Å². The Morgan fingerprint density at radius 1 is 1.67 bits per heavy atom. The van der Waals surface area contributed by atoms with Gasteiger partial charge in [-0.1, -0.05) is 0 Å². The molecule has 0 aromatic heterocycles. The van der Waals surface area contributed by atoms with Crippen molar-refractivity contribution in [3.63, 3.8) is 0 Å². The molecule has 0 bridgehead atoms. The SMILES string of the molecule is Cl.NC(=O)N(N)CCO. The van der Waals surface area contributed by atoms with Crippen molar-refractivity contribution in [2.75, 3.05) is 13.2 Å². The van der Waals surface area contributed by atoms with Gasteiger partial charge in [-0.05, 0) is 0 Å². The van der Waals surface area contributed by atoms with Gasteiger partial charge >= 0.3 is 6.03 Å². The molecule has 56 valence electrons. The Morgan fingerprint density at radius 2 is 2.11 bits per heavy atom. The van der Waals surface area contributed by atoms with Crippen molar-refractivity contribution in [2.24, 2.45) is 11.6 Å². The number of rotatable bonds is 2. The zero-order valence-electron chi connectivity index (χ0n) is 4.78. The van der Waals surface area contributed by atoms with Crippen LogP contribution in [0, 0.1) is 0 Å². The third-order valence-corrected chi connectivity index (χ3v) is 0.624. The van der Waals surface area contributed by atoms with Gasteiger partial charge in [-0.3, -0.25) is 5.01 Å². The highest BCUT2D eigenvalue weighted by atomic mass is 35.5. The van der Waals surface area contributed by atoms with Gasteiger partial charge in [0.05, 0.1) is 13.2 Å². The van der Waals surface area contributed by atoms with Crippen LogP contribution in [0.15, 0.2) is 0 Å². The van der Waals surface area contributed by atoms with Crippen LogP contribution in [-0.2, 0) is 0 Å². The van der Waals surface area contributed by atoms with Crippen molar-refractivity contribution in [1.82, 2.24) is 5.01 Å². The highest BCUT2D eigenvalue weighted by Crippen LogP contribution is 1.71. The molecule has 9 heavy (non-hydrogen) atoms. The Bertz CT molecular complexity index is 89.1. The minimum absolute atomic E-state index is 0. The number of hydrogen-bond donors (Lipinski definition) is 3. The summed E-state index contributed by atoms with van der Waals surface area (Å²) in [5, 5.41) is 8.89. The molecule has 0 spiro atoms. The Kier molecular flexibility index (Phi) is 7.05. The van der Waals surface area contributed by atoms with Crippen molar-refractivity contribution in [1.29, 1.82) is 0 Å². The number of carbonyl (C=O) groups is 1. The number of aliphatic hydroxyl groups is 1. The lowest BCUT2D eigenvalue weighted by Crippen LogP contribution is -2.42. The van der Waals surface area contributed by atoms with Gasteiger partial charge in [0.1, 0.15) is 0 Å². The number of aliphatic hydroxyl groups excluding tert-OH is 1. The number of carbonyl (C=O) groups excluding carboxylic acids is 1. The largest absolute Gasteiger partial charge is 0.394 e. The number of hydrazine groups is 1. The number of amides is 2. The van der Waals surface area contributed by atoms with Crippen molar-refractivity contribution in [3.8, 4) is 0 Å². The van der Waals surface area contributed by atoms with Gasteiger partial charge in [0.15, 0.2) is 0 Å². The number of nitrogens with two attached hydrogens (primary N) is 2. The maximum atomic E-state index is 10.0. The quantitative estimate of drug-likeness (QED) is 0.262. The van der Waals surface area contributed by atoms with Crippen LogP contribution in [0.1, 0.15) is 0 Å². The molecule has 0 saturated heterocycles. The molecule has 0 aliphatic carbocycles. The molecule has 0 atom stereocenters. The Labute approximate surface area is 59.0 Å². The van der Waals surface area contributed by atoms with E-state index in [1.54, 1.807) is 0 Å². The molecule has 0 fully saturated rings. The topological polar surface area (TPSA) is 92.6 Å². The molecular formula is C3H10ClN3O2. The molecule has 0 unspecified atom stereocenters. The zero-order valence-corrected chi connectivity index (χ0v) is 5.60. The Hall–Kier alpha value is -0.520. The first-order chi connectivity index (χ1) is 3.68. The van der Waals surface area contributed by atoms with Crippen LogP contribution in [0.3, 0.4) is 0 Å². The van der Waals surface area contributed by atoms with Gasteiger partial charge in [0.25, 0.3) is 0 Å². The maximum absolute atomic E-state index is 10.0. The summed E-state index contributed by atoms with van der Waals surface area (Å²) < 4.78 is 0. The standard InChI is InChI=1S/C3H9N3O2.ClH/c4-3(8)6(5)1-2-7;/h7H,1-2,5H2,(H2,4,8);1H. The van der Waals surface area contributed by atoms with Gasteiger partial charge in [-0.25, -0.2) is 10.6 Å². The molecule has 0 aliphatic heterocycles. The lowest BCUT2D eigenvalue weighted by atomic mass is 10.7. The van der Waals surface area contributed by atoms with Crippen molar-refractivity contribution >= 4 is 18.4 Å². The van der Waals surface area contributed by atoms with Gasteiger partial charge in [0, 0.05) is 0 Å². The van der Waals surface area contributed by atoms with Gasteiger partial charge in [-0.15, -0.1) is 12.4 Å². The van der Waals surface area contributed by atoms with Crippen LogP contribution in [0.25, 0.3) is 0 Å². The summed E-state index contributed by atoms with van der Waals surface area (Å²) >= 11 is 0. The van der Waals surface area contributed by atoms with Gasteiger partial charge in [-0.2, -0.15) is 0 Å². The van der Waals surface area contributed by atoms with Crippen LogP contribution in [0.4, 0.5) is 4.79 Å². The van der Waals surface area contributed by atoms with E-state index >= 15 is 0 Å². The minimum Gasteiger partial charge on any atom is -0.394 e. The third-order valence-electron chi connectivity index (χ3n) is 0.624. The fourth-order valence-corrected chi connectivity index (χ4v) is 0.218. The Balaban J connectivity index is 0. The van der Waals surface area contributed by atoms with E-state index in [2.05, 4.69) is 5.73 Å². The van der Waals surface area contributed by atoms with E-state index in [9.17, 15) is 4.79 Å². The van der Waals surface area contributed by atoms with E-state index in [0.29, 0.717) is 0 Å². The monoisotopic (exact) mass is 155 g/mol. The summed E-state index contributed by atoms with van der Waals surface area (Å²) in [6.45, 7) is -0.0885. The number of nitrogens with zero attached hydrogens (tertiary/aromatic N) is 1. The van der Waals surface area contributed by atoms with E-state index < -0.39 is 6.03 Å². The number of primary amides is 1. The second kappa shape index (κ2) is 5.61. The van der Waals surface area contributed by atoms with Crippen molar-refractivity contribution < 1.29 is 9.90 Å². The fraction of sp³-hybridized carbons (Fsp3) is 0.667. The number of hydrogen-bond acceptors (Lipinski definition) is 3. The highest BCUT2D eigenvalue weighted by molar-refractivity contribution is 5.85. The molecule has 0 aliphatic rings. The predicted octanol–water partition coefficient (Wildman–Crippen LogP) is -1.35. The normalized spacial score (nSPS) is 7.78. The number of halogens is 1. The van der Waals surface area contributed by atoms with Crippen LogP contribution < -0.4 is 11.6 Å². The molecule has 0 saturated carbocycles. The van der Waals surface area contributed by atoms with E-state index in [-0.39, 0.29) is 25.6 Å². The maximum Gasteiger partial charge on any atom is 0.328 e. The smallest absolute Gasteiger partial charge is 0.328 e. The number of urea groups is 1. The summed E-state index contributed by atoms with van der Waals surface area (Å²) in [4.78, 5) is 10.0. The van der Waals surface area contributed by atoms with Crippen LogP contribution in [-0.4, -0.2) is 29.3 Å². The molecular weight excluding hydrogens is 146 g/mol. The fourth-order valence-electron chi connectivity index (χ4n) is 0.218. The third kappa shape index (κ3) is 5.35. The summed E-state index contributed by atoms with van der Waals surface area (Å²) in [7, 11) is 0. The first-order valence-electron chi connectivity index (χ1n) is 2.11.